The lowest BCUT2D eigenvalue weighted by Gasteiger charge is -2.14. The lowest BCUT2D eigenvalue weighted by atomic mass is 10.1. The molecule has 0 fully saturated rings. The Labute approximate surface area is 99.3 Å². The van der Waals surface area contributed by atoms with E-state index < -0.39 is 24.6 Å². The maximum absolute atomic E-state index is 13.0. The Balaban J connectivity index is 2.95. The number of halogens is 2. The van der Waals surface area contributed by atoms with E-state index in [1.807, 2.05) is 22.6 Å². The fourth-order valence-corrected chi connectivity index (χ4v) is 1.82. The number of carbonyl (C=O) groups is 1. The molecule has 0 radical (unpaired) electrons. The van der Waals surface area contributed by atoms with Gasteiger partial charge in [0.2, 0.25) is 0 Å². The van der Waals surface area contributed by atoms with Crippen molar-refractivity contribution in [1.29, 1.82) is 0 Å². The molecule has 3 N–H and O–H groups in total. The summed E-state index contributed by atoms with van der Waals surface area (Å²) in [5, 5.41) is 19.6. The molecule has 1 unspecified atom stereocenters. The van der Waals surface area contributed by atoms with Gasteiger partial charge in [0.05, 0.1) is 12.6 Å². The van der Waals surface area contributed by atoms with Gasteiger partial charge in [0.25, 0.3) is 0 Å². The highest BCUT2D eigenvalue weighted by atomic mass is 127. The zero-order valence-corrected chi connectivity index (χ0v) is 9.73. The summed E-state index contributed by atoms with van der Waals surface area (Å²) in [4.78, 5) is 10.4. The monoisotopic (exact) mass is 325 g/mol. The molecule has 1 amide bonds. The lowest BCUT2D eigenvalue weighted by Crippen LogP contribution is -2.29. The van der Waals surface area contributed by atoms with E-state index in [2.05, 4.69) is 5.32 Å². The SMILES string of the molecule is O=C(O)NC(CO)c1cc(F)cc(I)c1. The Bertz CT molecular complexity index is 352. The first-order valence-corrected chi connectivity index (χ1v) is 5.17. The van der Waals surface area contributed by atoms with Gasteiger partial charge in [-0.2, -0.15) is 0 Å². The van der Waals surface area contributed by atoms with Gasteiger partial charge in [-0.3, -0.25) is 0 Å². The second-order valence-corrected chi connectivity index (χ2v) is 4.13. The fraction of sp³-hybridized carbons (Fsp3) is 0.222. The molecule has 1 rings (SSSR count). The molecule has 4 nitrogen and oxygen atoms in total. The molecule has 0 saturated heterocycles. The molecule has 0 aromatic heterocycles. The Hall–Kier alpha value is -0.890. The minimum absolute atomic E-state index is 0.407. The van der Waals surface area contributed by atoms with Crippen LogP contribution in [0.4, 0.5) is 9.18 Å². The third-order valence-corrected chi connectivity index (χ3v) is 2.39. The van der Waals surface area contributed by atoms with Crippen LogP contribution in [-0.4, -0.2) is 22.9 Å². The van der Waals surface area contributed by atoms with E-state index in [1.165, 1.54) is 12.1 Å². The predicted octanol–water partition coefficient (Wildman–Crippen LogP) is 1.73. The first-order valence-electron chi connectivity index (χ1n) is 4.09. The molecule has 1 aromatic rings. The summed E-state index contributed by atoms with van der Waals surface area (Å²) in [6.07, 6.45) is -1.26. The summed E-state index contributed by atoms with van der Waals surface area (Å²) in [7, 11) is 0. The summed E-state index contributed by atoms with van der Waals surface area (Å²) in [5.74, 6) is -0.456. The lowest BCUT2D eigenvalue weighted by molar-refractivity contribution is 0.177. The van der Waals surface area contributed by atoms with Crippen molar-refractivity contribution in [3.8, 4) is 0 Å². The average molecular weight is 325 g/mol. The summed E-state index contributed by atoms with van der Waals surface area (Å²) in [6, 6.07) is 3.32. The van der Waals surface area contributed by atoms with Gasteiger partial charge in [0, 0.05) is 3.57 Å². The molecular weight excluding hydrogens is 316 g/mol. The molecule has 6 heteroatoms. The second-order valence-electron chi connectivity index (χ2n) is 2.89. The van der Waals surface area contributed by atoms with Gasteiger partial charge in [-0.25, -0.2) is 9.18 Å². The molecule has 1 aromatic carbocycles. The highest BCUT2D eigenvalue weighted by Gasteiger charge is 2.14. The standard InChI is InChI=1S/C9H9FINO3/c10-6-1-5(2-7(11)3-6)8(4-13)12-9(14)15/h1-3,8,12-13H,4H2,(H,14,15). The minimum atomic E-state index is -1.26. The van der Waals surface area contributed by atoms with Crippen molar-refractivity contribution in [3.63, 3.8) is 0 Å². The minimum Gasteiger partial charge on any atom is -0.465 e. The van der Waals surface area contributed by atoms with Crippen LogP contribution < -0.4 is 5.32 Å². The number of hydrogen-bond donors (Lipinski definition) is 3. The van der Waals surface area contributed by atoms with Gasteiger partial charge in [-0.15, -0.1) is 0 Å². The van der Waals surface area contributed by atoms with Gasteiger partial charge < -0.3 is 15.5 Å². The van der Waals surface area contributed by atoms with E-state index >= 15 is 0 Å². The summed E-state index contributed by atoms with van der Waals surface area (Å²) in [6.45, 7) is -0.411. The van der Waals surface area contributed by atoms with Crippen molar-refractivity contribution < 1.29 is 19.4 Å². The van der Waals surface area contributed by atoms with Crippen LogP contribution in [0.5, 0.6) is 0 Å². The first kappa shape index (κ1) is 12.2. The molecule has 1 atom stereocenters. The average Bonchev–Trinajstić information content (AvgIpc) is 2.12. The topological polar surface area (TPSA) is 69.6 Å². The van der Waals surface area contributed by atoms with Crippen molar-refractivity contribution in [2.24, 2.45) is 0 Å². The van der Waals surface area contributed by atoms with Gasteiger partial charge in [0.1, 0.15) is 5.82 Å². The molecule has 0 aliphatic carbocycles. The van der Waals surface area contributed by atoms with Crippen molar-refractivity contribution in [1.82, 2.24) is 5.32 Å². The summed E-state index contributed by atoms with van der Waals surface area (Å²) >= 11 is 1.92. The van der Waals surface area contributed by atoms with Gasteiger partial charge in [-0.05, 0) is 46.4 Å². The number of aliphatic hydroxyl groups excluding tert-OH is 1. The van der Waals surface area contributed by atoms with Crippen LogP contribution >= 0.6 is 22.6 Å². The number of carboxylic acid groups (broad SMARTS) is 1. The van der Waals surface area contributed by atoms with E-state index in [1.54, 1.807) is 6.07 Å². The highest BCUT2D eigenvalue weighted by molar-refractivity contribution is 14.1. The third kappa shape index (κ3) is 3.63. The largest absolute Gasteiger partial charge is 0.465 e. The van der Waals surface area contributed by atoms with Crippen LogP contribution in [0.2, 0.25) is 0 Å². The molecule has 0 bridgehead atoms. The molecule has 0 spiro atoms. The zero-order chi connectivity index (χ0) is 11.4. The second kappa shape index (κ2) is 5.26. The molecular formula is C9H9FINO3. The highest BCUT2D eigenvalue weighted by Crippen LogP contribution is 2.17. The Morgan fingerprint density at radius 3 is 2.67 bits per heavy atom. The van der Waals surface area contributed by atoms with Crippen molar-refractivity contribution >= 4 is 28.7 Å². The number of aliphatic hydroxyl groups is 1. The summed E-state index contributed by atoms with van der Waals surface area (Å²) < 4.78 is 13.6. The Morgan fingerprint density at radius 1 is 1.53 bits per heavy atom. The quantitative estimate of drug-likeness (QED) is 0.742. The molecule has 0 heterocycles. The number of amides is 1. The Kier molecular flexibility index (Phi) is 4.28. The maximum atomic E-state index is 13.0. The van der Waals surface area contributed by atoms with Gasteiger partial charge in [0.15, 0.2) is 0 Å². The van der Waals surface area contributed by atoms with Gasteiger partial charge >= 0.3 is 6.09 Å². The van der Waals surface area contributed by atoms with Crippen LogP contribution in [0.15, 0.2) is 18.2 Å². The van der Waals surface area contributed by atoms with Crippen molar-refractivity contribution in [2.45, 2.75) is 6.04 Å². The van der Waals surface area contributed by atoms with Gasteiger partial charge in [-0.1, -0.05) is 0 Å². The zero-order valence-electron chi connectivity index (χ0n) is 7.58. The number of rotatable bonds is 3. The van der Waals surface area contributed by atoms with Crippen LogP contribution in [0.3, 0.4) is 0 Å². The molecule has 0 saturated carbocycles. The van der Waals surface area contributed by atoms with Crippen molar-refractivity contribution in [2.75, 3.05) is 6.61 Å². The number of benzene rings is 1. The molecule has 82 valence electrons. The summed E-state index contributed by atoms with van der Waals surface area (Å²) in [5.41, 5.74) is 0.407. The van der Waals surface area contributed by atoms with Crippen LogP contribution in [-0.2, 0) is 0 Å². The first-order chi connectivity index (χ1) is 7.02. The molecule has 15 heavy (non-hydrogen) atoms. The van der Waals surface area contributed by atoms with E-state index in [0.717, 1.165) is 0 Å². The fourth-order valence-electron chi connectivity index (χ4n) is 1.16. The smallest absolute Gasteiger partial charge is 0.405 e. The van der Waals surface area contributed by atoms with E-state index in [4.69, 9.17) is 10.2 Å². The van der Waals surface area contributed by atoms with Crippen LogP contribution in [0.25, 0.3) is 0 Å². The normalized spacial score (nSPS) is 12.2. The Morgan fingerprint density at radius 2 is 2.20 bits per heavy atom. The molecule has 0 aliphatic heterocycles. The van der Waals surface area contributed by atoms with Crippen LogP contribution in [0, 0.1) is 9.39 Å². The third-order valence-electron chi connectivity index (χ3n) is 1.77. The molecule has 0 aliphatic rings. The predicted molar refractivity (Wildman–Crippen MR) is 60.1 cm³/mol. The van der Waals surface area contributed by atoms with E-state index in [9.17, 15) is 9.18 Å². The van der Waals surface area contributed by atoms with Crippen molar-refractivity contribution in [3.05, 3.63) is 33.1 Å². The van der Waals surface area contributed by atoms with Crippen LogP contribution in [0.1, 0.15) is 11.6 Å². The number of nitrogens with one attached hydrogen (secondary N) is 1. The number of hydrogen-bond acceptors (Lipinski definition) is 2. The van der Waals surface area contributed by atoms with E-state index in [0.29, 0.717) is 9.13 Å². The van der Waals surface area contributed by atoms with E-state index in [-0.39, 0.29) is 0 Å². The maximum Gasteiger partial charge on any atom is 0.405 e.